The summed E-state index contributed by atoms with van der Waals surface area (Å²) < 4.78 is 7.54. The van der Waals surface area contributed by atoms with Crippen LogP contribution in [0.3, 0.4) is 0 Å². The zero-order valence-corrected chi connectivity index (χ0v) is 14.2. The highest BCUT2D eigenvalue weighted by Gasteiger charge is 2.15. The van der Waals surface area contributed by atoms with Gasteiger partial charge in [0.15, 0.2) is 0 Å². The Balaban J connectivity index is 1.65. The fourth-order valence-electron chi connectivity index (χ4n) is 2.23. The van der Waals surface area contributed by atoms with Gasteiger partial charge in [0.25, 0.3) is 0 Å². The molecule has 1 atom stereocenters. The summed E-state index contributed by atoms with van der Waals surface area (Å²) in [6.45, 7) is -0.128. The largest absolute Gasteiger partial charge is 0.491 e. The van der Waals surface area contributed by atoms with Crippen LogP contribution in [-0.2, 0) is 6.54 Å². The van der Waals surface area contributed by atoms with Crippen molar-refractivity contribution in [3.8, 4) is 17.5 Å². The lowest BCUT2D eigenvalue weighted by atomic mass is 10.2. The molecule has 3 rings (SSSR count). The Labute approximate surface area is 153 Å². The number of benzene rings is 2. The number of halogens is 1. The first-order chi connectivity index (χ1) is 12.6. The van der Waals surface area contributed by atoms with Crippen molar-refractivity contribution in [2.24, 2.45) is 0 Å². The fourth-order valence-corrected chi connectivity index (χ4v) is 2.45. The van der Waals surface area contributed by atoms with Crippen LogP contribution in [-0.4, -0.2) is 37.6 Å². The molecule has 1 unspecified atom stereocenters. The van der Waals surface area contributed by atoms with Gasteiger partial charge in [0, 0.05) is 0 Å². The van der Waals surface area contributed by atoms with E-state index in [1.165, 1.54) is 0 Å². The van der Waals surface area contributed by atoms with Crippen LogP contribution in [0.2, 0.25) is 5.02 Å². The highest BCUT2D eigenvalue weighted by Crippen LogP contribution is 2.17. The zero-order valence-electron chi connectivity index (χ0n) is 13.5. The van der Waals surface area contributed by atoms with Gasteiger partial charge in [-0.15, -0.1) is 0 Å². The highest BCUT2D eigenvalue weighted by atomic mass is 35.5. The molecule has 0 aliphatic carbocycles. The Kier molecular flexibility index (Phi) is 5.31. The molecule has 132 valence electrons. The normalized spacial score (nSPS) is 11.7. The number of ether oxygens (including phenoxy) is 1. The van der Waals surface area contributed by atoms with Crippen LogP contribution >= 0.6 is 11.6 Å². The van der Waals surface area contributed by atoms with Gasteiger partial charge < -0.3 is 9.84 Å². The first-order valence-electron chi connectivity index (χ1n) is 7.67. The summed E-state index contributed by atoms with van der Waals surface area (Å²) in [5.41, 5.74) is 0.407. The number of aliphatic hydroxyl groups is 1. The van der Waals surface area contributed by atoms with E-state index in [4.69, 9.17) is 21.6 Å². The van der Waals surface area contributed by atoms with E-state index in [0.717, 1.165) is 9.36 Å². The highest BCUT2D eigenvalue weighted by molar-refractivity contribution is 6.32. The van der Waals surface area contributed by atoms with Gasteiger partial charge in [0.1, 0.15) is 18.5 Å². The molecule has 1 aromatic heterocycles. The Hall–Kier alpha value is -3.15. The molecule has 0 amide bonds. The van der Waals surface area contributed by atoms with E-state index in [1.54, 1.807) is 48.5 Å². The number of hydrogen-bond acceptors (Lipinski definition) is 6. The van der Waals surface area contributed by atoms with Crippen LogP contribution in [0, 0.1) is 11.3 Å². The van der Waals surface area contributed by atoms with E-state index in [1.807, 2.05) is 6.07 Å². The monoisotopic (exact) mass is 371 g/mol. The Bertz CT molecular complexity index is 991. The SMILES string of the molecule is N#Cc1ccc(OCC(O)Cn2nnn(-c3ccccc3Cl)c2=O)cc1. The summed E-state index contributed by atoms with van der Waals surface area (Å²) in [5.74, 6) is 0.509. The molecule has 0 saturated heterocycles. The molecule has 1 N–H and O–H groups in total. The number of hydrogen-bond donors (Lipinski definition) is 1. The van der Waals surface area contributed by atoms with Crippen molar-refractivity contribution in [3.63, 3.8) is 0 Å². The predicted molar refractivity (Wildman–Crippen MR) is 93.3 cm³/mol. The minimum absolute atomic E-state index is 0.0444. The molecule has 0 aliphatic rings. The maximum atomic E-state index is 12.4. The van der Waals surface area contributed by atoms with Gasteiger partial charge in [0.2, 0.25) is 0 Å². The molecule has 0 radical (unpaired) electrons. The van der Waals surface area contributed by atoms with Crippen molar-refractivity contribution in [2.75, 3.05) is 6.61 Å². The molecule has 0 spiro atoms. The lowest BCUT2D eigenvalue weighted by molar-refractivity contribution is 0.0879. The maximum Gasteiger partial charge on any atom is 0.368 e. The van der Waals surface area contributed by atoms with Gasteiger partial charge in [-0.2, -0.15) is 14.6 Å². The van der Waals surface area contributed by atoms with Crippen LogP contribution in [0.4, 0.5) is 0 Å². The van der Waals surface area contributed by atoms with Crippen molar-refractivity contribution in [3.05, 3.63) is 69.6 Å². The average molecular weight is 372 g/mol. The van der Waals surface area contributed by atoms with E-state index < -0.39 is 11.8 Å². The van der Waals surface area contributed by atoms with Crippen LogP contribution < -0.4 is 10.4 Å². The van der Waals surface area contributed by atoms with Gasteiger partial charge in [-0.05, 0) is 46.8 Å². The van der Waals surface area contributed by atoms with E-state index in [0.29, 0.717) is 22.0 Å². The third-order valence-corrected chi connectivity index (χ3v) is 3.85. The standard InChI is InChI=1S/C17H14ClN5O3/c18-15-3-1-2-4-16(15)23-17(25)22(20-21-23)10-13(24)11-26-14-7-5-12(9-19)6-8-14/h1-8,13,24H,10-11H2. The summed E-state index contributed by atoms with van der Waals surface area (Å²) >= 11 is 6.06. The van der Waals surface area contributed by atoms with Crippen LogP contribution in [0.5, 0.6) is 5.75 Å². The van der Waals surface area contributed by atoms with Crippen molar-refractivity contribution in [1.29, 1.82) is 5.26 Å². The molecular weight excluding hydrogens is 358 g/mol. The Morgan fingerprint density at radius 2 is 1.92 bits per heavy atom. The summed E-state index contributed by atoms with van der Waals surface area (Å²) in [6, 6.07) is 15.3. The summed E-state index contributed by atoms with van der Waals surface area (Å²) in [5, 5.41) is 26.7. The molecule has 0 saturated carbocycles. The lowest BCUT2D eigenvalue weighted by Crippen LogP contribution is -2.31. The fraction of sp³-hybridized carbons (Fsp3) is 0.176. The first kappa shape index (κ1) is 17.7. The second-order valence-corrected chi connectivity index (χ2v) is 5.81. The number of nitrogens with zero attached hydrogens (tertiary/aromatic N) is 5. The van der Waals surface area contributed by atoms with Gasteiger partial charge in [-0.1, -0.05) is 23.7 Å². The van der Waals surface area contributed by atoms with E-state index in [-0.39, 0.29) is 13.2 Å². The minimum atomic E-state index is -0.972. The van der Waals surface area contributed by atoms with E-state index >= 15 is 0 Å². The van der Waals surface area contributed by atoms with E-state index in [9.17, 15) is 9.90 Å². The quantitative estimate of drug-likeness (QED) is 0.702. The smallest absolute Gasteiger partial charge is 0.368 e. The zero-order chi connectivity index (χ0) is 18.5. The van der Waals surface area contributed by atoms with Gasteiger partial charge in [-0.3, -0.25) is 0 Å². The van der Waals surface area contributed by atoms with Crippen molar-refractivity contribution in [1.82, 2.24) is 19.8 Å². The Morgan fingerprint density at radius 3 is 2.62 bits per heavy atom. The van der Waals surface area contributed by atoms with Gasteiger partial charge >= 0.3 is 5.69 Å². The molecule has 9 heteroatoms. The van der Waals surface area contributed by atoms with Crippen LogP contribution in [0.1, 0.15) is 5.56 Å². The molecule has 26 heavy (non-hydrogen) atoms. The topological polar surface area (TPSA) is 106 Å². The second kappa shape index (κ2) is 7.82. The predicted octanol–water partition coefficient (Wildman–Crippen LogP) is 1.39. The van der Waals surface area contributed by atoms with Crippen molar-refractivity contribution in [2.45, 2.75) is 12.6 Å². The first-order valence-corrected chi connectivity index (χ1v) is 8.05. The Morgan fingerprint density at radius 1 is 1.19 bits per heavy atom. The molecule has 8 nitrogen and oxygen atoms in total. The third-order valence-electron chi connectivity index (χ3n) is 3.53. The van der Waals surface area contributed by atoms with Crippen LogP contribution in [0.25, 0.3) is 5.69 Å². The number of aromatic nitrogens is 4. The number of rotatable bonds is 6. The van der Waals surface area contributed by atoms with E-state index in [2.05, 4.69) is 10.4 Å². The summed E-state index contributed by atoms with van der Waals surface area (Å²) in [4.78, 5) is 12.4. The molecular formula is C17H14ClN5O3. The lowest BCUT2D eigenvalue weighted by Gasteiger charge is -2.11. The summed E-state index contributed by atoms with van der Waals surface area (Å²) in [6.07, 6.45) is -0.972. The van der Waals surface area contributed by atoms with Gasteiger partial charge in [-0.25, -0.2) is 4.79 Å². The minimum Gasteiger partial charge on any atom is -0.491 e. The molecule has 0 aliphatic heterocycles. The number of para-hydroxylation sites is 1. The molecule has 2 aromatic carbocycles. The second-order valence-electron chi connectivity index (χ2n) is 5.41. The van der Waals surface area contributed by atoms with Crippen LogP contribution in [0.15, 0.2) is 53.3 Å². The third kappa shape index (κ3) is 3.91. The van der Waals surface area contributed by atoms with Crippen molar-refractivity contribution >= 4 is 11.6 Å². The van der Waals surface area contributed by atoms with Crippen molar-refractivity contribution < 1.29 is 9.84 Å². The number of nitriles is 1. The maximum absolute atomic E-state index is 12.4. The number of aliphatic hydroxyl groups excluding tert-OH is 1. The van der Waals surface area contributed by atoms with Gasteiger partial charge in [0.05, 0.1) is 28.9 Å². The molecule has 3 aromatic rings. The summed E-state index contributed by atoms with van der Waals surface area (Å²) in [7, 11) is 0. The molecule has 0 fully saturated rings. The average Bonchev–Trinajstić information content (AvgIpc) is 3.01. The molecule has 0 bridgehead atoms. The number of tetrazole rings is 1. The molecule has 1 heterocycles.